The molecule has 3 heteroatoms. The quantitative estimate of drug-likeness (QED) is 0.816. The van der Waals surface area contributed by atoms with Gasteiger partial charge in [0, 0.05) is 12.0 Å². The van der Waals surface area contributed by atoms with E-state index in [9.17, 15) is 4.79 Å². The summed E-state index contributed by atoms with van der Waals surface area (Å²) in [7, 11) is 1.58. The van der Waals surface area contributed by atoms with E-state index in [-0.39, 0.29) is 17.7 Å². The summed E-state index contributed by atoms with van der Waals surface area (Å²) in [5, 5.41) is 0. The number of Topliss-reactive ketones (excluding diaryl/α,β-unsaturated/α-hetero) is 1. The third kappa shape index (κ3) is 2.86. The minimum atomic E-state index is -0.203. The number of carbonyl (C=O) groups excluding carboxylic acids is 1. The van der Waals surface area contributed by atoms with Gasteiger partial charge in [-0.1, -0.05) is 13.0 Å². The van der Waals surface area contributed by atoms with Crippen molar-refractivity contribution in [2.45, 2.75) is 33.7 Å². The number of aryl methyl sites for hydroxylation is 2. The van der Waals surface area contributed by atoms with Crippen molar-refractivity contribution in [1.82, 2.24) is 0 Å². The van der Waals surface area contributed by atoms with Gasteiger partial charge >= 0.3 is 0 Å². The summed E-state index contributed by atoms with van der Waals surface area (Å²) in [6.45, 7) is 7.61. The van der Waals surface area contributed by atoms with Gasteiger partial charge in [0.1, 0.15) is 5.75 Å². The summed E-state index contributed by atoms with van der Waals surface area (Å²) in [6, 6.07) is 3.71. The highest BCUT2D eigenvalue weighted by atomic mass is 16.5. The van der Waals surface area contributed by atoms with Gasteiger partial charge in [-0.05, 0) is 38.0 Å². The first kappa shape index (κ1) is 13.7. The zero-order valence-electron chi connectivity index (χ0n) is 11.2. The Bertz CT molecular complexity index is 424. The molecular formula is C14H21NO2. The van der Waals surface area contributed by atoms with Crippen LogP contribution in [0.15, 0.2) is 12.1 Å². The van der Waals surface area contributed by atoms with Crippen LogP contribution in [-0.2, 0) is 0 Å². The number of nitrogens with two attached hydrogens (primary N) is 1. The maximum absolute atomic E-state index is 12.3. The minimum Gasteiger partial charge on any atom is -0.496 e. The largest absolute Gasteiger partial charge is 0.496 e. The van der Waals surface area contributed by atoms with Crippen LogP contribution in [0.2, 0.25) is 0 Å². The van der Waals surface area contributed by atoms with Gasteiger partial charge < -0.3 is 10.5 Å². The van der Waals surface area contributed by atoms with Crippen molar-refractivity contribution < 1.29 is 9.53 Å². The summed E-state index contributed by atoms with van der Waals surface area (Å²) < 4.78 is 5.30. The molecule has 1 aromatic carbocycles. The maximum Gasteiger partial charge on any atom is 0.171 e. The molecule has 0 bridgehead atoms. The van der Waals surface area contributed by atoms with Crippen molar-refractivity contribution in [1.29, 1.82) is 0 Å². The van der Waals surface area contributed by atoms with Crippen molar-refractivity contribution in [3.05, 3.63) is 28.8 Å². The number of benzene rings is 1. The Labute approximate surface area is 103 Å². The minimum absolute atomic E-state index is 0.0503. The van der Waals surface area contributed by atoms with Gasteiger partial charge in [-0.2, -0.15) is 0 Å². The van der Waals surface area contributed by atoms with Crippen molar-refractivity contribution in [3.8, 4) is 5.75 Å². The second-order valence-corrected chi connectivity index (χ2v) is 4.67. The molecule has 0 saturated heterocycles. The summed E-state index contributed by atoms with van der Waals surface area (Å²) in [5.41, 5.74) is 8.47. The Hall–Kier alpha value is -1.35. The number of ketones is 1. The van der Waals surface area contributed by atoms with E-state index < -0.39 is 0 Å². The summed E-state index contributed by atoms with van der Waals surface area (Å²) in [5.74, 6) is 0.486. The Kier molecular flexibility index (Phi) is 4.29. The van der Waals surface area contributed by atoms with E-state index in [1.807, 2.05) is 39.8 Å². The second-order valence-electron chi connectivity index (χ2n) is 4.67. The van der Waals surface area contributed by atoms with Crippen LogP contribution < -0.4 is 10.5 Å². The average Bonchev–Trinajstić information content (AvgIpc) is 2.25. The summed E-state index contributed by atoms with van der Waals surface area (Å²) in [6.07, 6.45) is 0. The van der Waals surface area contributed by atoms with Crippen LogP contribution in [0, 0.1) is 19.8 Å². The van der Waals surface area contributed by atoms with Crippen LogP contribution in [0.4, 0.5) is 0 Å². The monoisotopic (exact) mass is 235 g/mol. The Morgan fingerprint density at radius 1 is 1.29 bits per heavy atom. The fraction of sp³-hybridized carbons (Fsp3) is 0.500. The highest BCUT2D eigenvalue weighted by molar-refractivity contribution is 6.01. The molecule has 1 aromatic rings. The Morgan fingerprint density at radius 2 is 1.88 bits per heavy atom. The molecular weight excluding hydrogens is 214 g/mol. The standard InChI is InChI=1S/C14H21NO2/c1-8-6-9(2)13(12(7-8)17-5)14(16)10(3)11(4)15/h6-7,10-11H,15H2,1-5H3. The molecule has 0 radical (unpaired) electrons. The molecule has 0 aliphatic heterocycles. The molecule has 0 aliphatic rings. The van der Waals surface area contributed by atoms with Gasteiger partial charge in [-0.15, -0.1) is 0 Å². The second kappa shape index (κ2) is 5.32. The number of rotatable bonds is 4. The van der Waals surface area contributed by atoms with Gasteiger partial charge in [-0.3, -0.25) is 4.79 Å². The third-order valence-electron chi connectivity index (χ3n) is 3.11. The molecule has 17 heavy (non-hydrogen) atoms. The van der Waals surface area contributed by atoms with Crippen molar-refractivity contribution >= 4 is 5.78 Å². The SMILES string of the molecule is COc1cc(C)cc(C)c1C(=O)C(C)C(C)N. The van der Waals surface area contributed by atoms with E-state index >= 15 is 0 Å². The molecule has 2 atom stereocenters. The molecule has 2 N–H and O–H groups in total. The molecule has 1 rings (SSSR count). The zero-order chi connectivity index (χ0) is 13.2. The fourth-order valence-electron chi connectivity index (χ4n) is 1.87. The van der Waals surface area contributed by atoms with E-state index in [4.69, 9.17) is 10.5 Å². The van der Waals surface area contributed by atoms with E-state index in [1.165, 1.54) is 0 Å². The lowest BCUT2D eigenvalue weighted by atomic mass is 9.90. The van der Waals surface area contributed by atoms with Gasteiger partial charge in [0.2, 0.25) is 0 Å². The number of methoxy groups -OCH3 is 1. The van der Waals surface area contributed by atoms with E-state index in [0.717, 1.165) is 11.1 Å². The van der Waals surface area contributed by atoms with Crippen LogP contribution >= 0.6 is 0 Å². The highest BCUT2D eigenvalue weighted by Crippen LogP contribution is 2.27. The Morgan fingerprint density at radius 3 is 2.35 bits per heavy atom. The number of hydrogen-bond acceptors (Lipinski definition) is 3. The topological polar surface area (TPSA) is 52.3 Å². The maximum atomic E-state index is 12.3. The lowest BCUT2D eigenvalue weighted by Crippen LogP contribution is -2.31. The van der Waals surface area contributed by atoms with Crippen LogP contribution in [-0.4, -0.2) is 18.9 Å². The molecule has 0 aliphatic carbocycles. The smallest absolute Gasteiger partial charge is 0.171 e. The van der Waals surface area contributed by atoms with E-state index in [0.29, 0.717) is 11.3 Å². The van der Waals surface area contributed by atoms with Crippen LogP contribution in [0.25, 0.3) is 0 Å². The fourth-order valence-corrected chi connectivity index (χ4v) is 1.87. The van der Waals surface area contributed by atoms with E-state index in [2.05, 4.69) is 0 Å². The molecule has 94 valence electrons. The molecule has 0 fully saturated rings. The first-order valence-electron chi connectivity index (χ1n) is 5.83. The molecule has 2 unspecified atom stereocenters. The molecule has 0 saturated carbocycles. The lowest BCUT2D eigenvalue weighted by Gasteiger charge is -2.18. The zero-order valence-corrected chi connectivity index (χ0v) is 11.2. The predicted octanol–water partition coefficient (Wildman–Crippen LogP) is 2.48. The van der Waals surface area contributed by atoms with Crippen LogP contribution in [0.5, 0.6) is 5.75 Å². The third-order valence-corrected chi connectivity index (χ3v) is 3.11. The first-order chi connectivity index (χ1) is 7.88. The normalized spacial score (nSPS) is 14.2. The van der Waals surface area contributed by atoms with Gasteiger partial charge in [0.25, 0.3) is 0 Å². The number of ether oxygens (including phenoxy) is 1. The van der Waals surface area contributed by atoms with Crippen LogP contribution in [0.1, 0.15) is 35.3 Å². The van der Waals surface area contributed by atoms with Gasteiger partial charge in [-0.25, -0.2) is 0 Å². The average molecular weight is 235 g/mol. The van der Waals surface area contributed by atoms with Gasteiger partial charge in [0.15, 0.2) is 5.78 Å². The summed E-state index contributed by atoms with van der Waals surface area (Å²) >= 11 is 0. The van der Waals surface area contributed by atoms with Crippen molar-refractivity contribution in [2.24, 2.45) is 11.7 Å². The predicted molar refractivity (Wildman–Crippen MR) is 69.6 cm³/mol. The molecule has 0 amide bonds. The molecule has 0 spiro atoms. The number of hydrogen-bond donors (Lipinski definition) is 1. The van der Waals surface area contributed by atoms with Crippen molar-refractivity contribution in [3.63, 3.8) is 0 Å². The van der Waals surface area contributed by atoms with E-state index in [1.54, 1.807) is 7.11 Å². The first-order valence-corrected chi connectivity index (χ1v) is 5.83. The van der Waals surface area contributed by atoms with Gasteiger partial charge in [0.05, 0.1) is 12.7 Å². The molecule has 0 heterocycles. The lowest BCUT2D eigenvalue weighted by molar-refractivity contribution is 0.0913. The highest BCUT2D eigenvalue weighted by Gasteiger charge is 2.23. The molecule has 3 nitrogen and oxygen atoms in total. The molecule has 0 aromatic heterocycles. The summed E-state index contributed by atoms with van der Waals surface area (Å²) in [4.78, 5) is 12.3. The van der Waals surface area contributed by atoms with Crippen LogP contribution in [0.3, 0.4) is 0 Å². The van der Waals surface area contributed by atoms with Crippen molar-refractivity contribution in [2.75, 3.05) is 7.11 Å². The Balaban J connectivity index is 3.26. The number of carbonyl (C=O) groups is 1.